The molecule has 0 unspecified atom stereocenters. The van der Waals surface area contributed by atoms with Crippen LogP contribution in [0.15, 0.2) is 54.6 Å². The molecule has 1 saturated heterocycles. The Morgan fingerprint density at radius 3 is 2.30 bits per heavy atom. The zero-order chi connectivity index (χ0) is 18.7. The molecule has 1 heterocycles. The fourth-order valence-electron chi connectivity index (χ4n) is 4.25. The smallest absolute Gasteiger partial charge is 0.227 e. The molecule has 0 spiro atoms. The van der Waals surface area contributed by atoms with Gasteiger partial charge in [-0.1, -0.05) is 43.2 Å². The van der Waals surface area contributed by atoms with Gasteiger partial charge in [-0.05, 0) is 61.3 Å². The highest BCUT2D eigenvalue weighted by Gasteiger charge is 2.36. The van der Waals surface area contributed by atoms with E-state index in [-0.39, 0.29) is 11.4 Å². The van der Waals surface area contributed by atoms with Crippen molar-refractivity contribution in [3.8, 4) is 0 Å². The third kappa shape index (κ3) is 3.83. The van der Waals surface area contributed by atoms with Crippen molar-refractivity contribution in [2.75, 3.05) is 16.8 Å². The molecule has 140 valence electrons. The maximum atomic E-state index is 11.9. The van der Waals surface area contributed by atoms with Gasteiger partial charge < -0.3 is 15.5 Å². The molecule has 1 aliphatic carbocycles. The topological polar surface area (TPSA) is 44.4 Å². The van der Waals surface area contributed by atoms with Crippen LogP contribution in [-0.2, 0) is 10.3 Å². The molecular weight excluding hydrogens is 354 g/mol. The molecule has 2 aromatic rings. The van der Waals surface area contributed by atoms with Gasteiger partial charge in [-0.15, -0.1) is 0 Å². The molecule has 2 fully saturated rings. The van der Waals surface area contributed by atoms with Crippen molar-refractivity contribution in [3.63, 3.8) is 0 Å². The Morgan fingerprint density at radius 2 is 1.67 bits per heavy atom. The molecule has 4 rings (SSSR count). The summed E-state index contributed by atoms with van der Waals surface area (Å²) in [6.07, 6.45) is 6.19. The van der Waals surface area contributed by atoms with E-state index in [1.807, 2.05) is 29.2 Å². The number of nitrogens with zero attached hydrogens (tertiary/aromatic N) is 1. The zero-order valence-corrected chi connectivity index (χ0v) is 16.2. The van der Waals surface area contributed by atoms with Gasteiger partial charge in [0.05, 0.1) is 5.54 Å². The largest absolute Gasteiger partial charge is 0.353 e. The minimum Gasteiger partial charge on any atom is -0.353 e. The lowest BCUT2D eigenvalue weighted by Gasteiger charge is -2.32. The number of benzene rings is 2. The number of thiocarbonyl (C=S) groups is 1. The Morgan fingerprint density at radius 1 is 0.963 bits per heavy atom. The molecule has 5 heteroatoms. The number of rotatable bonds is 4. The molecular formula is C22H25N3OS. The Hall–Kier alpha value is -2.40. The highest BCUT2D eigenvalue weighted by molar-refractivity contribution is 7.80. The van der Waals surface area contributed by atoms with Gasteiger partial charge in [0, 0.05) is 24.3 Å². The maximum absolute atomic E-state index is 11.9. The van der Waals surface area contributed by atoms with E-state index in [0.717, 1.165) is 37.2 Å². The van der Waals surface area contributed by atoms with Crippen LogP contribution in [0.4, 0.5) is 11.4 Å². The van der Waals surface area contributed by atoms with E-state index in [2.05, 4.69) is 41.0 Å². The number of carbonyl (C=O) groups is 1. The molecule has 1 aliphatic heterocycles. The van der Waals surface area contributed by atoms with Crippen molar-refractivity contribution < 1.29 is 4.79 Å². The fourth-order valence-corrected chi connectivity index (χ4v) is 4.56. The summed E-state index contributed by atoms with van der Waals surface area (Å²) < 4.78 is 0. The van der Waals surface area contributed by atoms with Crippen LogP contribution in [0.5, 0.6) is 0 Å². The average Bonchev–Trinajstić information content (AvgIpc) is 3.33. The summed E-state index contributed by atoms with van der Waals surface area (Å²) in [5.41, 5.74) is 3.12. The van der Waals surface area contributed by atoms with Crippen molar-refractivity contribution in [1.82, 2.24) is 5.32 Å². The summed E-state index contributed by atoms with van der Waals surface area (Å²) in [7, 11) is 0. The number of anilines is 2. The minimum atomic E-state index is -0.0761. The molecule has 0 radical (unpaired) electrons. The minimum absolute atomic E-state index is 0.0761. The van der Waals surface area contributed by atoms with E-state index in [1.54, 1.807) is 0 Å². The Kier molecular flexibility index (Phi) is 5.12. The molecule has 1 amide bonds. The maximum Gasteiger partial charge on any atom is 0.227 e. The summed E-state index contributed by atoms with van der Waals surface area (Å²) >= 11 is 5.62. The molecule has 2 N–H and O–H groups in total. The van der Waals surface area contributed by atoms with E-state index in [4.69, 9.17) is 12.2 Å². The normalized spacial score (nSPS) is 18.5. The van der Waals surface area contributed by atoms with Gasteiger partial charge >= 0.3 is 0 Å². The van der Waals surface area contributed by atoms with Gasteiger partial charge in [0.2, 0.25) is 5.91 Å². The second kappa shape index (κ2) is 7.69. The summed E-state index contributed by atoms with van der Waals surface area (Å²) in [6, 6.07) is 18.5. The lowest BCUT2D eigenvalue weighted by atomic mass is 9.88. The molecule has 1 saturated carbocycles. The number of carbonyl (C=O) groups excluding carboxylic acids is 1. The van der Waals surface area contributed by atoms with E-state index in [0.29, 0.717) is 11.5 Å². The predicted octanol–water partition coefficient (Wildman–Crippen LogP) is 4.57. The number of nitrogens with one attached hydrogen (secondary N) is 2. The average molecular weight is 380 g/mol. The van der Waals surface area contributed by atoms with Crippen LogP contribution in [0.1, 0.15) is 44.1 Å². The summed E-state index contributed by atoms with van der Waals surface area (Å²) in [6.45, 7) is 0.811. The van der Waals surface area contributed by atoms with Gasteiger partial charge in [-0.2, -0.15) is 0 Å². The van der Waals surface area contributed by atoms with Gasteiger partial charge in [0.1, 0.15) is 0 Å². The van der Waals surface area contributed by atoms with Crippen LogP contribution in [0, 0.1) is 0 Å². The SMILES string of the molecule is O=C1CCCN1c1ccc(NC(=S)NC2(c3ccccc3)CCCC2)cc1. The third-order valence-electron chi connectivity index (χ3n) is 5.65. The van der Waals surface area contributed by atoms with Crippen molar-refractivity contribution in [1.29, 1.82) is 0 Å². The molecule has 0 aromatic heterocycles. The molecule has 2 aromatic carbocycles. The molecule has 2 aliphatic rings. The first-order valence-electron chi connectivity index (χ1n) is 9.71. The third-order valence-corrected chi connectivity index (χ3v) is 5.85. The monoisotopic (exact) mass is 379 g/mol. The summed E-state index contributed by atoms with van der Waals surface area (Å²) in [5, 5.41) is 7.54. The van der Waals surface area contributed by atoms with Crippen LogP contribution < -0.4 is 15.5 Å². The van der Waals surface area contributed by atoms with E-state index in [9.17, 15) is 4.79 Å². The number of hydrogen-bond acceptors (Lipinski definition) is 2. The predicted molar refractivity (Wildman–Crippen MR) is 114 cm³/mol. The van der Waals surface area contributed by atoms with Crippen molar-refractivity contribution in [2.45, 2.75) is 44.1 Å². The van der Waals surface area contributed by atoms with Crippen LogP contribution in [0.2, 0.25) is 0 Å². The first kappa shape index (κ1) is 18.0. The van der Waals surface area contributed by atoms with Crippen LogP contribution >= 0.6 is 12.2 Å². The Labute approximate surface area is 166 Å². The number of hydrogen-bond donors (Lipinski definition) is 2. The quantitative estimate of drug-likeness (QED) is 0.764. The lowest BCUT2D eigenvalue weighted by Crippen LogP contribution is -2.45. The summed E-state index contributed by atoms with van der Waals surface area (Å²) in [5.74, 6) is 0.207. The van der Waals surface area contributed by atoms with E-state index < -0.39 is 0 Å². The van der Waals surface area contributed by atoms with Crippen LogP contribution in [0.25, 0.3) is 0 Å². The standard InChI is InChI=1S/C22H25N3OS/c26-20-9-6-16-25(20)19-12-10-18(11-13-19)23-21(27)24-22(14-4-5-15-22)17-7-2-1-3-8-17/h1-3,7-8,10-13H,4-6,9,14-16H2,(H2,23,24,27). The summed E-state index contributed by atoms with van der Waals surface area (Å²) in [4.78, 5) is 13.7. The highest BCUT2D eigenvalue weighted by Crippen LogP contribution is 2.38. The zero-order valence-electron chi connectivity index (χ0n) is 15.4. The van der Waals surface area contributed by atoms with Gasteiger partial charge in [-0.25, -0.2) is 0 Å². The first-order valence-corrected chi connectivity index (χ1v) is 10.1. The lowest BCUT2D eigenvalue weighted by molar-refractivity contribution is -0.117. The van der Waals surface area contributed by atoms with Crippen molar-refractivity contribution >= 4 is 34.6 Å². The van der Waals surface area contributed by atoms with Gasteiger partial charge in [0.15, 0.2) is 5.11 Å². The first-order chi connectivity index (χ1) is 13.2. The van der Waals surface area contributed by atoms with Crippen molar-refractivity contribution in [2.24, 2.45) is 0 Å². The van der Waals surface area contributed by atoms with E-state index >= 15 is 0 Å². The van der Waals surface area contributed by atoms with Gasteiger partial charge in [-0.3, -0.25) is 4.79 Å². The molecule has 4 nitrogen and oxygen atoms in total. The van der Waals surface area contributed by atoms with Crippen LogP contribution in [0.3, 0.4) is 0 Å². The number of amides is 1. The van der Waals surface area contributed by atoms with Crippen molar-refractivity contribution in [3.05, 3.63) is 60.2 Å². The Bertz CT molecular complexity index is 813. The molecule has 0 bridgehead atoms. The second-order valence-electron chi connectivity index (χ2n) is 7.43. The fraction of sp³-hybridized carbons (Fsp3) is 0.364. The molecule has 27 heavy (non-hydrogen) atoms. The molecule has 0 atom stereocenters. The van der Waals surface area contributed by atoms with Crippen LogP contribution in [-0.4, -0.2) is 17.6 Å². The van der Waals surface area contributed by atoms with Gasteiger partial charge in [0.25, 0.3) is 0 Å². The van der Waals surface area contributed by atoms with E-state index in [1.165, 1.54) is 18.4 Å². The Balaban J connectivity index is 1.43. The second-order valence-corrected chi connectivity index (χ2v) is 7.84. The highest BCUT2D eigenvalue weighted by atomic mass is 32.1.